The lowest BCUT2D eigenvalue weighted by molar-refractivity contribution is -0.144. The van der Waals surface area contributed by atoms with Crippen molar-refractivity contribution in [3.05, 3.63) is 23.8 Å². The normalized spacial score (nSPS) is 11.8. The van der Waals surface area contributed by atoms with Crippen LogP contribution in [0.25, 0.3) is 0 Å². The Bertz CT molecular complexity index is 490. The van der Waals surface area contributed by atoms with Gasteiger partial charge in [-0.25, -0.2) is 8.78 Å². The van der Waals surface area contributed by atoms with Gasteiger partial charge >= 0.3 is 5.97 Å². The molecule has 5 nitrogen and oxygen atoms in total. The van der Waals surface area contributed by atoms with Crippen LogP contribution >= 0.6 is 0 Å². The minimum Gasteiger partial charge on any atom is -0.494 e. The van der Waals surface area contributed by atoms with E-state index in [2.05, 4.69) is 4.74 Å². The zero-order chi connectivity index (χ0) is 13.9. The smallest absolute Gasteiger partial charge is 0.315 e. The third-order valence-electron chi connectivity index (χ3n) is 2.26. The summed E-state index contributed by atoms with van der Waals surface area (Å²) in [5.74, 6) is -5.75. The van der Waals surface area contributed by atoms with Crippen LogP contribution in [0.3, 0.4) is 0 Å². The number of amides is 1. The van der Waals surface area contributed by atoms with E-state index in [-0.39, 0.29) is 5.75 Å². The highest BCUT2D eigenvalue weighted by atomic mass is 19.1. The van der Waals surface area contributed by atoms with E-state index >= 15 is 0 Å². The van der Waals surface area contributed by atoms with E-state index in [9.17, 15) is 18.4 Å². The molecular formula is C11H11F2NO4. The number of aliphatic carboxylic acids is 1. The molecule has 0 aliphatic rings. The van der Waals surface area contributed by atoms with Crippen molar-refractivity contribution >= 4 is 17.6 Å². The van der Waals surface area contributed by atoms with Crippen LogP contribution in [0.5, 0.6) is 5.75 Å². The van der Waals surface area contributed by atoms with Crippen molar-refractivity contribution in [2.75, 3.05) is 12.4 Å². The van der Waals surface area contributed by atoms with Gasteiger partial charge in [0.05, 0.1) is 12.8 Å². The fourth-order valence-corrected chi connectivity index (χ4v) is 1.13. The molecule has 0 spiro atoms. The lowest BCUT2D eigenvalue weighted by atomic mass is 10.1. The summed E-state index contributed by atoms with van der Waals surface area (Å²) in [5, 5.41) is 10.6. The largest absolute Gasteiger partial charge is 0.494 e. The lowest BCUT2D eigenvalue weighted by Gasteiger charge is -2.10. The molecule has 0 heterocycles. The number of carboxylic acids is 1. The van der Waals surface area contributed by atoms with E-state index in [0.717, 1.165) is 19.1 Å². The van der Waals surface area contributed by atoms with Gasteiger partial charge in [0.2, 0.25) is 5.91 Å². The predicted molar refractivity (Wildman–Crippen MR) is 58.3 cm³/mol. The molecule has 0 aliphatic heterocycles. The van der Waals surface area contributed by atoms with Gasteiger partial charge in [0, 0.05) is 12.1 Å². The molecule has 0 fully saturated rings. The molecule has 1 aromatic carbocycles. The molecule has 18 heavy (non-hydrogen) atoms. The molecule has 98 valence electrons. The minimum atomic E-state index is -1.37. The van der Waals surface area contributed by atoms with Crippen LogP contribution in [0, 0.1) is 17.6 Å². The Kier molecular flexibility index (Phi) is 4.19. The Morgan fingerprint density at radius 3 is 2.44 bits per heavy atom. The maximum Gasteiger partial charge on any atom is 0.315 e. The van der Waals surface area contributed by atoms with Crippen LogP contribution in [-0.2, 0) is 9.59 Å². The minimum absolute atomic E-state index is 0.309. The number of hydrogen-bond donors (Lipinski definition) is 2. The van der Waals surface area contributed by atoms with Gasteiger partial charge in [0.25, 0.3) is 0 Å². The van der Waals surface area contributed by atoms with Crippen molar-refractivity contribution < 1.29 is 28.2 Å². The van der Waals surface area contributed by atoms with Gasteiger partial charge in [0.1, 0.15) is 5.92 Å². The van der Waals surface area contributed by atoms with Gasteiger partial charge in [-0.05, 0) is 6.92 Å². The van der Waals surface area contributed by atoms with E-state index in [0.29, 0.717) is 0 Å². The second-order valence-electron chi connectivity index (χ2n) is 3.52. The molecule has 1 rings (SSSR count). The van der Waals surface area contributed by atoms with Gasteiger partial charge in [-0.3, -0.25) is 9.59 Å². The van der Waals surface area contributed by atoms with Crippen LogP contribution in [-0.4, -0.2) is 24.1 Å². The molecule has 1 unspecified atom stereocenters. The Labute approximate surface area is 101 Å². The zero-order valence-electron chi connectivity index (χ0n) is 9.66. The van der Waals surface area contributed by atoms with Gasteiger partial charge < -0.3 is 15.2 Å². The number of nitrogens with one attached hydrogen (secondary N) is 1. The van der Waals surface area contributed by atoms with Crippen molar-refractivity contribution in [3.8, 4) is 5.75 Å². The summed E-state index contributed by atoms with van der Waals surface area (Å²) in [6, 6.07) is 1.48. The average Bonchev–Trinajstić information content (AvgIpc) is 2.32. The maximum atomic E-state index is 13.4. The monoisotopic (exact) mass is 259 g/mol. The number of benzene rings is 1. The molecule has 0 bridgehead atoms. The molecule has 1 aromatic rings. The Balaban J connectivity index is 2.95. The van der Waals surface area contributed by atoms with E-state index in [4.69, 9.17) is 5.11 Å². The molecular weight excluding hydrogens is 248 g/mol. The lowest BCUT2D eigenvalue weighted by Crippen LogP contribution is -2.27. The third kappa shape index (κ3) is 2.93. The van der Waals surface area contributed by atoms with E-state index in [1.165, 1.54) is 7.11 Å². The number of ether oxygens (including phenoxy) is 1. The number of anilines is 1. The van der Waals surface area contributed by atoms with E-state index < -0.39 is 35.1 Å². The molecule has 0 saturated heterocycles. The second-order valence-corrected chi connectivity index (χ2v) is 3.52. The molecule has 0 aromatic heterocycles. The number of carboxylic acid groups (broad SMARTS) is 1. The van der Waals surface area contributed by atoms with Crippen molar-refractivity contribution in [2.45, 2.75) is 6.92 Å². The summed E-state index contributed by atoms with van der Waals surface area (Å²) in [6.07, 6.45) is 0. The predicted octanol–water partition coefficient (Wildman–Crippen LogP) is 1.63. The highest BCUT2D eigenvalue weighted by Crippen LogP contribution is 2.24. The van der Waals surface area contributed by atoms with Crippen LogP contribution in [0.1, 0.15) is 6.92 Å². The second kappa shape index (κ2) is 5.44. The van der Waals surface area contributed by atoms with Crippen molar-refractivity contribution in [3.63, 3.8) is 0 Å². The average molecular weight is 259 g/mol. The van der Waals surface area contributed by atoms with E-state index in [1.807, 2.05) is 5.32 Å². The Morgan fingerprint density at radius 1 is 1.33 bits per heavy atom. The van der Waals surface area contributed by atoms with Crippen LogP contribution in [0.4, 0.5) is 14.5 Å². The summed E-state index contributed by atoms with van der Waals surface area (Å²) in [6.45, 7) is 1.13. The van der Waals surface area contributed by atoms with Gasteiger partial charge in [-0.15, -0.1) is 0 Å². The number of hydrogen-bond acceptors (Lipinski definition) is 3. The van der Waals surface area contributed by atoms with Gasteiger partial charge in [-0.2, -0.15) is 0 Å². The zero-order valence-corrected chi connectivity index (χ0v) is 9.66. The fourth-order valence-electron chi connectivity index (χ4n) is 1.13. The molecule has 7 heteroatoms. The fraction of sp³-hybridized carbons (Fsp3) is 0.273. The van der Waals surface area contributed by atoms with Crippen LogP contribution in [0.2, 0.25) is 0 Å². The van der Waals surface area contributed by atoms with Crippen LogP contribution in [0.15, 0.2) is 12.1 Å². The highest BCUT2D eigenvalue weighted by Gasteiger charge is 2.22. The van der Waals surface area contributed by atoms with Crippen molar-refractivity contribution in [1.29, 1.82) is 0 Å². The molecule has 0 aliphatic carbocycles. The molecule has 1 amide bonds. The number of halogens is 2. The number of carbonyl (C=O) groups is 2. The van der Waals surface area contributed by atoms with Gasteiger partial charge in [-0.1, -0.05) is 0 Å². The highest BCUT2D eigenvalue weighted by molar-refractivity contribution is 6.03. The SMILES string of the molecule is COc1cc(F)c(NC(=O)C(C)C(=O)O)cc1F. The third-order valence-corrected chi connectivity index (χ3v) is 2.26. The van der Waals surface area contributed by atoms with E-state index in [1.54, 1.807) is 0 Å². The standard InChI is InChI=1S/C11H11F2NO4/c1-5(11(16)17)10(15)14-8-3-7(13)9(18-2)4-6(8)12/h3-5H,1-2H3,(H,14,15)(H,16,17). The summed E-state index contributed by atoms with van der Waals surface area (Å²) < 4.78 is 31.3. The first-order valence-electron chi connectivity index (χ1n) is 4.93. The molecule has 2 N–H and O–H groups in total. The first-order chi connectivity index (χ1) is 8.36. The first-order valence-corrected chi connectivity index (χ1v) is 4.93. The number of carbonyl (C=O) groups excluding carboxylic acids is 1. The van der Waals surface area contributed by atoms with Crippen LogP contribution < -0.4 is 10.1 Å². The summed E-state index contributed by atoms with van der Waals surface area (Å²) in [4.78, 5) is 21.9. The maximum absolute atomic E-state index is 13.4. The summed E-state index contributed by atoms with van der Waals surface area (Å²) >= 11 is 0. The topological polar surface area (TPSA) is 75.6 Å². The molecule has 0 radical (unpaired) electrons. The van der Waals surface area contributed by atoms with Crippen molar-refractivity contribution in [2.24, 2.45) is 5.92 Å². The Hall–Kier alpha value is -2.18. The Morgan fingerprint density at radius 2 is 1.94 bits per heavy atom. The number of methoxy groups -OCH3 is 1. The molecule has 0 saturated carbocycles. The summed E-state index contributed by atoms with van der Waals surface area (Å²) in [7, 11) is 1.17. The number of rotatable bonds is 4. The quantitative estimate of drug-likeness (QED) is 0.806. The van der Waals surface area contributed by atoms with Crippen molar-refractivity contribution in [1.82, 2.24) is 0 Å². The van der Waals surface area contributed by atoms with Gasteiger partial charge in [0.15, 0.2) is 17.4 Å². The summed E-state index contributed by atoms with van der Waals surface area (Å²) in [5.41, 5.74) is -0.439. The first kappa shape index (κ1) is 13.9. The molecule has 1 atom stereocenters.